The van der Waals surface area contributed by atoms with Crippen LogP contribution in [0.25, 0.3) is 0 Å². The van der Waals surface area contributed by atoms with Crippen LogP contribution in [0.2, 0.25) is 0 Å². The van der Waals surface area contributed by atoms with Gasteiger partial charge in [-0.15, -0.1) is 12.4 Å². The van der Waals surface area contributed by atoms with Crippen molar-refractivity contribution in [3.63, 3.8) is 0 Å². The maximum atomic E-state index is 10.4. The molecule has 0 radical (unpaired) electrons. The molecule has 4 heteroatoms. The van der Waals surface area contributed by atoms with Crippen LogP contribution in [-0.2, 0) is 4.79 Å². The van der Waals surface area contributed by atoms with Crippen molar-refractivity contribution in [2.75, 3.05) is 0 Å². The van der Waals surface area contributed by atoms with Crippen molar-refractivity contribution in [2.45, 2.75) is 31.7 Å². The van der Waals surface area contributed by atoms with Crippen LogP contribution in [0.1, 0.15) is 25.7 Å². The first kappa shape index (κ1) is 10.7. The number of nitrogens with two attached hydrogens (primary N) is 1. The summed E-state index contributed by atoms with van der Waals surface area (Å²) in [6.07, 6.45) is 3.26. The molecule has 1 fully saturated rings. The Morgan fingerprint density at radius 3 is 2.09 bits per heavy atom. The van der Waals surface area contributed by atoms with E-state index in [4.69, 9.17) is 10.8 Å². The minimum Gasteiger partial charge on any atom is -0.481 e. The minimum atomic E-state index is -0.660. The number of halogens is 1. The Hall–Kier alpha value is -0.280. The number of rotatable bonds is 1. The molecule has 0 spiro atoms. The Balaban J connectivity index is 0.000001000. The van der Waals surface area contributed by atoms with E-state index in [-0.39, 0.29) is 24.4 Å². The molecule has 0 heterocycles. The summed E-state index contributed by atoms with van der Waals surface area (Å²) < 4.78 is 0. The van der Waals surface area contributed by atoms with E-state index in [0.717, 1.165) is 25.7 Å². The van der Waals surface area contributed by atoms with E-state index < -0.39 is 5.97 Å². The van der Waals surface area contributed by atoms with Crippen LogP contribution in [0.4, 0.5) is 0 Å². The summed E-state index contributed by atoms with van der Waals surface area (Å²) in [4.78, 5) is 10.4. The van der Waals surface area contributed by atoms with Crippen molar-refractivity contribution in [1.29, 1.82) is 0 Å². The van der Waals surface area contributed by atoms with E-state index in [1.807, 2.05) is 0 Å². The standard InChI is InChI=1S/C7H13NO2.ClH/c8-6-3-1-5(2-4-6)7(9)10;/h5-6H,1-4,8H2,(H,9,10);1H/t5-,6-;. The molecule has 66 valence electrons. The number of hydrogen-bond acceptors (Lipinski definition) is 2. The highest BCUT2D eigenvalue weighted by molar-refractivity contribution is 5.85. The summed E-state index contributed by atoms with van der Waals surface area (Å²) in [6.45, 7) is 0. The molecule has 3 nitrogen and oxygen atoms in total. The van der Waals surface area contributed by atoms with Gasteiger partial charge in [-0.3, -0.25) is 4.79 Å². The van der Waals surface area contributed by atoms with Crippen LogP contribution in [-0.4, -0.2) is 17.1 Å². The summed E-state index contributed by atoms with van der Waals surface area (Å²) >= 11 is 0. The Kier molecular flexibility index (Phi) is 4.45. The van der Waals surface area contributed by atoms with Crippen molar-refractivity contribution >= 4 is 18.4 Å². The van der Waals surface area contributed by atoms with Gasteiger partial charge in [0.25, 0.3) is 0 Å². The van der Waals surface area contributed by atoms with Gasteiger partial charge in [-0.1, -0.05) is 0 Å². The number of hydrogen-bond donors (Lipinski definition) is 2. The molecule has 0 saturated heterocycles. The molecule has 0 amide bonds. The molecule has 0 bridgehead atoms. The summed E-state index contributed by atoms with van der Waals surface area (Å²) in [6, 6.07) is 0.246. The quantitative estimate of drug-likeness (QED) is 0.632. The van der Waals surface area contributed by atoms with Gasteiger partial charge in [0.2, 0.25) is 0 Å². The number of carboxylic acids is 1. The topological polar surface area (TPSA) is 63.3 Å². The number of carboxylic acid groups (broad SMARTS) is 1. The third-order valence-electron chi connectivity index (χ3n) is 2.12. The van der Waals surface area contributed by atoms with Crippen LogP contribution >= 0.6 is 12.4 Å². The van der Waals surface area contributed by atoms with Crippen LogP contribution in [0.5, 0.6) is 0 Å². The van der Waals surface area contributed by atoms with Gasteiger partial charge in [0.1, 0.15) is 0 Å². The second-order valence-electron chi connectivity index (χ2n) is 2.95. The van der Waals surface area contributed by atoms with Crippen LogP contribution in [0.3, 0.4) is 0 Å². The fourth-order valence-electron chi connectivity index (χ4n) is 1.37. The lowest BCUT2D eigenvalue weighted by Crippen LogP contribution is -2.29. The lowest BCUT2D eigenvalue weighted by molar-refractivity contribution is -0.142. The van der Waals surface area contributed by atoms with Crippen molar-refractivity contribution in [2.24, 2.45) is 11.7 Å². The zero-order valence-electron chi connectivity index (χ0n) is 6.32. The summed E-state index contributed by atoms with van der Waals surface area (Å²) in [5.74, 6) is -0.785. The molecule has 0 aromatic heterocycles. The Labute approximate surface area is 72.4 Å². The maximum Gasteiger partial charge on any atom is 0.306 e. The third-order valence-corrected chi connectivity index (χ3v) is 2.12. The summed E-state index contributed by atoms with van der Waals surface area (Å²) in [7, 11) is 0. The molecule has 0 atom stereocenters. The molecule has 1 aliphatic rings. The fraction of sp³-hybridized carbons (Fsp3) is 0.857. The first-order valence-electron chi connectivity index (χ1n) is 3.68. The van der Waals surface area contributed by atoms with Gasteiger partial charge < -0.3 is 10.8 Å². The zero-order valence-corrected chi connectivity index (χ0v) is 7.14. The van der Waals surface area contributed by atoms with Crippen LogP contribution in [0, 0.1) is 5.92 Å². The van der Waals surface area contributed by atoms with Gasteiger partial charge >= 0.3 is 5.97 Å². The molecule has 0 unspecified atom stereocenters. The summed E-state index contributed by atoms with van der Waals surface area (Å²) in [5.41, 5.74) is 5.60. The Morgan fingerprint density at radius 1 is 1.27 bits per heavy atom. The Morgan fingerprint density at radius 2 is 1.73 bits per heavy atom. The van der Waals surface area contributed by atoms with Gasteiger partial charge in [0, 0.05) is 6.04 Å². The third kappa shape index (κ3) is 3.08. The van der Waals surface area contributed by atoms with E-state index in [1.165, 1.54) is 0 Å². The average molecular weight is 180 g/mol. The van der Waals surface area contributed by atoms with Crippen molar-refractivity contribution in [1.82, 2.24) is 0 Å². The van der Waals surface area contributed by atoms with E-state index in [2.05, 4.69) is 0 Å². The molecule has 0 aromatic carbocycles. The van der Waals surface area contributed by atoms with Gasteiger partial charge in [-0.05, 0) is 25.7 Å². The average Bonchev–Trinajstić information content (AvgIpc) is 1.88. The Bertz CT molecular complexity index is 132. The molecule has 1 saturated carbocycles. The van der Waals surface area contributed by atoms with Crippen molar-refractivity contribution < 1.29 is 9.90 Å². The van der Waals surface area contributed by atoms with Crippen molar-refractivity contribution in [3.8, 4) is 0 Å². The lowest BCUT2D eigenvalue weighted by atomic mass is 9.87. The zero-order chi connectivity index (χ0) is 7.56. The first-order chi connectivity index (χ1) is 4.70. The highest BCUT2D eigenvalue weighted by Gasteiger charge is 2.23. The van der Waals surface area contributed by atoms with Crippen LogP contribution < -0.4 is 5.73 Å². The number of carbonyl (C=O) groups is 1. The normalized spacial score (nSPS) is 30.6. The van der Waals surface area contributed by atoms with Gasteiger partial charge in [-0.25, -0.2) is 0 Å². The molecule has 3 N–H and O–H groups in total. The van der Waals surface area contributed by atoms with E-state index in [0.29, 0.717) is 0 Å². The predicted octanol–water partition coefficient (Wildman–Crippen LogP) is 1.01. The second-order valence-corrected chi connectivity index (χ2v) is 2.95. The smallest absolute Gasteiger partial charge is 0.306 e. The minimum absolute atomic E-state index is 0. The molecule has 0 aromatic rings. The molecule has 11 heavy (non-hydrogen) atoms. The first-order valence-corrected chi connectivity index (χ1v) is 3.68. The van der Waals surface area contributed by atoms with Gasteiger partial charge in [0.05, 0.1) is 5.92 Å². The van der Waals surface area contributed by atoms with Gasteiger partial charge in [-0.2, -0.15) is 0 Å². The molecule has 1 rings (SSSR count). The molecular weight excluding hydrogens is 166 g/mol. The summed E-state index contributed by atoms with van der Waals surface area (Å²) in [5, 5.41) is 8.58. The predicted molar refractivity (Wildman–Crippen MR) is 44.8 cm³/mol. The highest BCUT2D eigenvalue weighted by Crippen LogP contribution is 2.22. The molecular formula is C7H14ClNO2. The van der Waals surface area contributed by atoms with Crippen LogP contribution in [0.15, 0.2) is 0 Å². The molecule has 1 aliphatic carbocycles. The van der Waals surface area contributed by atoms with Gasteiger partial charge in [0.15, 0.2) is 0 Å². The van der Waals surface area contributed by atoms with Crippen molar-refractivity contribution in [3.05, 3.63) is 0 Å². The maximum absolute atomic E-state index is 10.4. The monoisotopic (exact) mass is 179 g/mol. The van der Waals surface area contributed by atoms with E-state index in [1.54, 1.807) is 0 Å². The van der Waals surface area contributed by atoms with E-state index >= 15 is 0 Å². The van der Waals surface area contributed by atoms with E-state index in [9.17, 15) is 4.79 Å². The SMILES string of the molecule is Cl.N[C@H]1CC[C@H](C(=O)O)CC1. The lowest BCUT2D eigenvalue weighted by Gasteiger charge is -2.22. The fourth-order valence-corrected chi connectivity index (χ4v) is 1.37. The molecule has 0 aliphatic heterocycles. The highest BCUT2D eigenvalue weighted by atomic mass is 35.5. The number of aliphatic carboxylic acids is 1. The second kappa shape index (κ2) is 4.57. The largest absolute Gasteiger partial charge is 0.481 e.